The molecule has 3 aromatic heterocycles. The van der Waals surface area contributed by atoms with Crippen LogP contribution < -0.4 is 11.5 Å². The maximum absolute atomic E-state index is 15.7. The molecule has 0 atom stereocenters. The lowest BCUT2D eigenvalue weighted by atomic mass is 10.1. The van der Waals surface area contributed by atoms with E-state index in [2.05, 4.69) is 9.97 Å². The van der Waals surface area contributed by atoms with Crippen LogP contribution in [-0.4, -0.2) is 25.5 Å². The highest BCUT2D eigenvalue weighted by molar-refractivity contribution is 7.07. The van der Waals surface area contributed by atoms with E-state index in [9.17, 15) is 9.90 Å². The fourth-order valence-corrected chi connectivity index (χ4v) is 4.32. The molecule has 0 fully saturated rings. The van der Waals surface area contributed by atoms with Crippen molar-refractivity contribution in [1.82, 2.24) is 14.5 Å². The molecule has 154 valence electrons. The van der Waals surface area contributed by atoms with E-state index < -0.39 is 11.7 Å². The van der Waals surface area contributed by atoms with Gasteiger partial charge in [-0.1, -0.05) is 6.07 Å². The van der Waals surface area contributed by atoms with Gasteiger partial charge in [-0.25, -0.2) is 9.37 Å². The molecule has 0 saturated heterocycles. The summed E-state index contributed by atoms with van der Waals surface area (Å²) in [4.78, 5) is 20.6. The number of benzene rings is 1. The number of primary amides is 1. The summed E-state index contributed by atoms with van der Waals surface area (Å²) in [6.45, 7) is 3.52. The highest BCUT2D eigenvalue weighted by Gasteiger charge is 2.26. The van der Waals surface area contributed by atoms with Gasteiger partial charge in [0.05, 0.1) is 33.7 Å². The fraction of sp³-hybridized carbons (Fsp3) is 0.190. The Kier molecular flexibility index (Phi) is 4.90. The number of anilines is 1. The van der Waals surface area contributed by atoms with Crippen molar-refractivity contribution in [2.75, 3.05) is 5.73 Å². The molecule has 0 aliphatic rings. The second-order valence-corrected chi connectivity index (χ2v) is 7.81. The Hall–Kier alpha value is -3.46. The number of phenolic OH excluding ortho intramolecular Hbond substituents is 1. The normalized spacial score (nSPS) is 11.3. The molecule has 5 N–H and O–H groups in total. The molecule has 1 aromatic carbocycles. The lowest BCUT2D eigenvalue weighted by Gasteiger charge is -2.16. The highest BCUT2D eigenvalue weighted by Crippen LogP contribution is 2.37. The quantitative estimate of drug-likeness (QED) is 0.453. The smallest absolute Gasteiger partial charge is 0.253 e. The minimum Gasteiger partial charge on any atom is -0.508 e. The Labute approximate surface area is 175 Å². The predicted octanol–water partition coefficient (Wildman–Crippen LogP) is 3.41. The van der Waals surface area contributed by atoms with Gasteiger partial charge in [0, 0.05) is 22.5 Å². The summed E-state index contributed by atoms with van der Waals surface area (Å²) in [5.74, 6) is -1.31. The van der Waals surface area contributed by atoms with Crippen molar-refractivity contribution >= 4 is 34.0 Å². The molecule has 0 unspecified atom stereocenters. The van der Waals surface area contributed by atoms with Gasteiger partial charge in [0.2, 0.25) is 0 Å². The van der Waals surface area contributed by atoms with Crippen molar-refractivity contribution in [1.29, 1.82) is 0 Å². The van der Waals surface area contributed by atoms with E-state index in [0.717, 1.165) is 11.3 Å². The first-order valence-corrected chi connectivity index (χ1v) is 10.2. The van der Waals surface area contributed by atoms with Crippen LogP contribution in [0.1, 0.15) is 32.9 Å². The molecule has 4 rings (SSSR count). The maximum Gasteiger partial charge on any atom is 0.253 e. The van der Waals surface area contributed by atoms with Crippen LogP contribution in [-0.2, 0) is 12.8 Å². The number of hydrogen-bond donors (Lipinski definition) is 3. The predicted molar refractivity (Wildman–Crippen MR) is 115 cm³/mol. The van der Waals surface area contributed by atoms with Crippen molar-refractivity contribution in [3.63, 3.8) is 0 Å². The molecule has 0 spiro atoms. The van der Waals surface area contributed by atoms with Gasteiger partial charge in [0.1, 0.15) is 11.6 Å². The average molecular weight is 425 g/mol. The van der Waals surface area contributed by atoms with Crippen molar-refractivity contribution < 1.29 is 14.3 Å². The molecule has 0 bridgehead atoms. The zero-order valence-electron chi connectivity index (χ0n) is 16.4. The van der Waals surface area contributed by atoms with Gasteiger partial charge in [0.15, 0.2) is 5.82 Å². The van der Waals surface area contributed by atoms with Crippen LogP contribution in [0.3, 0.4) is 0 Å². The Bertz CT molecular complexity index is 1280. The van der Waals surface area contributed by atoms with E-state index in [0.29, 0.717) is 24.1 Å². The molecule has 4 aromatic rings. The van der Waals surface area contributed by atoms with Crippen molar-refractivity contribution in [2.45, 2.75) is 26.7 Å². The molecule has 0 radical (unpaired) electrons. The number of phenols is 1. The zero-order valence-corrected chi connectivity index (χ0v) is 17.3. The van der Waals surface area contributed by atoms with Gasteiger partial charge in [-0.2, -0.15) is 0 Å². The minimum absolute atomic E-state index is 0.00425. The average Bonchev–Trinajstić information content (AvgIpc) is 3.31. The number of aromatic nitrogens is 3. The van der Waals surface area contributed by atoms with E-state index in [4.69, 9.17) is 11.5 Å². The summed E-state index contributed by atoms with van der Waals surface area (Å²) in [7, 11) is 0. The Morgan fingerprint density at radius 2 is 2.03 bits per heavy atom. The summed E-state index contributed by atoms with van der Waals surface area (Å²) in [6.07, 6.45) is 2.29. The van der Waals surface area contributed by atoms with Crippen LogP contribution in [0.5, 0.6) is 5.75 Å². The summed E-state index contributed by atoms with van der Waals surface area (Å²) in [5, 5.41) is 12.4. The summed E-state index contributed by atoms with van der Waals surface area (Å²) in [5.41, 5.74) is 16.5. The van der Waals surface area contributed by atoms with Crippen LogP contribution in [0.25, 0.3) is 16.6 Å². The molecule has 3 heterocycles. The maximum atomic E-state index is 15.7. The lowest BCUT2D eigenvalue weighted by molar-refractivity contribution is 0.100. The van der Waals surface area contributed by atoms with E-state index >= 15 is 4.39 Å². The van der Waals surface area contributed by atoms with Gasteiger partial charge in [-0.15, -0.1) is 11.3 Å². The monoisotopic (exact) mass is 425 g/mol. The van der Waals surface area contributed by atoms with Gasteiger partial charge < -0.3 is 16.6 Å². The Balaban J connectivity index is 1.99. The Morgan fingerprint density at radius 3 is 2.70 bits per heavy atom. The molecule has 0 aliphatic carbocycles. The first kappa shape index (κ1) is 19.8. The van der Waals surface area contributed by atoms with Crippen LogP contribution in [0.2, 0.25) is 0 Å². The number of thiazole rings is 1. The molecular formula is C21H20FN5O2S. The van der Waals surface area contributed by atoms with Crippen LogP contribution in [0.15, 0.2) is 29.2 Å². The van der Waals surface area contributed by atoms with Crippen molar-refractivity contribution in [3.05, 3.63) is 63.1 Å². The topological polar surface area (TPSA) is 120 Å². The number of rotatable bonds is 5. The number of nitrogens with two attached hydrogens (primary N) is 2. The number of hydrogen-bond acceptors (Lipinski definition) is 6. The lowest BCUT2D eigenvalue weighted by Crippen LogP contribution is -2.14. The third-order valence-electron chi connectivity index (χ3n) is 5.23. The number of carbonyl (C=O) groups is 1. The van der Waals surface area contributed by atoms with Crippen molar-refractivity contribution in [2.24, 2.45) is 5.73 Å². The molecule has 30 heavy (non-hydrogen) atoms. The minimum atomic E-state index is -0.775. The fourth-order valence-electron chi connectivity index (χ4n) is 3.73. The molecule has 0 aliphatic heterocycles. The molecule has 9 heteroatoms. The van der Waals surface area contributed by atoms with Crippen molar-refractivity contribution in [3.8, 4) is 11.4 Å². The number of carbonyl (C=O) groups excluding carboxylic acids is 1. The largest absolute Gasteiger partial charge is 0.508 e. The number of halogens is 1. The molecule has 0 saturated carbocycles. The second kappa shape index (κ2) is 7.42. The third kappa shape index (κ3) is 3.07. The van der Waals surface area contributed by atoms with Gasteiger partial charge in [-0.3, -0.25) is 14.3 Å². The zero-order chi connectivity index (χ0) is 21.6. The first-order valence-electron chi connectivity index (χ1n) is 9.25. The third-order valence-corrected chi connectivity index (χ3v) is 5.87. The number of nitrogen functional groups attached to an aromatic ring is 1. The number of fused-ring (bicyclic) bond motifs is 1. The van der Waals surface area contributed by atoms with Gasteiger partial charge in [-0.05, 0) is 38.3 Å². The second-order valence-electron chi connectivity index (χ2n) is 7.10. The number of nitrogens with zero attached hydrogens (tertiary/aromatic N) is 3. The highest BCUT2D eigenvalue weighted by atomic mass is 32.1. The van der Waals surface area contributed by atoms with Crippen LogP contribution in [0, 0.1) is 19.7 Å². The molecular weight excluding hydrogens is 405 g/mol. The van der Waals surface area contributed by atoms with Gasteiger partial charge >= 0.3 is 0 Å². The van der Waals surface area contributed by atoms with E-state index in [1.165, 1.54) is 22.1 Å². The van der Waals surface area contributed by atoms with E-state index in [-0.39, 0.29) is 33.7 Å². The Morgan fingerprint density at radius 1 is 1.27 bits per heavy atom. The summed E-state index contributed by atoms with van der Waals surface area (Å²) < 4.78 is 17.1. The van der Waals surface area contributed by atoms with Crippen LogP contribution >= 0.6 is 11.3 Å². The number of aryl methyl sites for hydroxylation is 3. The van der Waals surface area contributed by atoms with E-state index in [1.54, 1.807) is 24.6 Å². The van der Waals surface area contributed by atoms with Crippen LogP contribution in [0.4, 0.5) is 10.2 Å². The SMILES string of the molecule is Cc1ccc(O)c(C)c1-n1c(N)c(C(N)=O)c2cnc(CCc3cscn3)c(F)c21. The summed E-state index contributed by atoms with van der Waals surface area (Å²) in [6, 6.07) is 3.26. The van der Waals surface area contributed by atoms with Gasteiger partial charge in [0.25, 0.3) is 5.91 Å². The standard InChI is InChI=1S/C21H20FN5O2S/c1-10-3-6-15(28)11(2)18(10)27-19-13(16(20(27)23)21(24)29)7-25-14(17(19)22)5-4-12-8-30-9-26-12/h3,6-9,28H,4-5,23H2,1-2H3,(H2,24,29). The molecule has 7 nitrogen and oxygen atoms in total. The summed E-state index contributed by atoms with van der Waals surface area (Å²) >= 11 is 1.47. The molecule has 1 amide bonds. The first-order chi connectivity index (χ1) is 14.3. The number of amides is 1. The number of pyridine rings is 1. The van der Waals surface area contributed by atoms with E-state index in [1.807, 2.05) is 12.3 Å². The number of aromatic hydroxyl groups is 1.